The minimum Gasteiger partial charge on any atom is -0.490 e. The first-order valence-corrected chi connectivity index (χ1v) is 8.93. The molecule has 2 rings (SSSR count). The molecule has 0 aliphatic carbocycles. The third-order valence-corrected chi connectivity index (χ3v) is 4.21. The Labute approximate surface area is 155 Å². The molecule has 142 valence electrons. The van der Waals surface area contributed by atoms with Crippen LogP contribution in [0.15, 0.2) is 36.5 Å². The minimum atomic E-state index is -0.130. The summed E-state index contributed by atoms with van der Waals surface area (Å²) in [6.45, 7) is 5.40. The minimum absolute atomic E-state index is 0.0908. The Bertz CT molecular complexity index is 725. The van der Waals surface area contributed by atoms with E-state index in [-0.39, 0.29) is 11.9 Å². The number of likely N-dealkylation sites (N-methyl/N-ethyl adjacent to an activating group) is 1. The second-order valence-electron chi connectivity index (χ2n) is 6.26. The highest BCUT2D eigenvalue weighted by Crippen LogP contribution is 2.28. The van der Waals surface area contributed by atoms with Crippen molar-refractivity contribution in [3.05, 3.63) is 47.8 Å². The summed E-state index contributed by atoms with van der Waals surface area (Å²) >= 11 is 0. The molecule has 1 heterocycles. The molecule has 0 fully saturated rings. The predicted molar refractivity (Wildman–Crippen MR) is 103 cm³/mol. The Morgan fingerprint density at radius 3 is 2.42 bits per heavy atom. The maximum Gasteiger partial charge on any atom is 0.251 e. The fourth-order valence-electron chi connectivity index (χ4n) is 2.86. The topological polar surface area (TPSA) is 55.7 Å². The van der Waals surface area contributed by atoms with Crippen molar-refractivity contribution in [2.24, 2.45) is 7.05 Å². The molecule has 0 unspecified atom stereocenters. The molecule has 1 aromatic heterocycles. The number of benzene rings is 1. The number of ether oxygens (including phenoxy) is 2. The zero-order chi connectivity index (χ0) is 19.1. The van der Waals surface area contributed by atoms with Crippen LogP contribution in [0.5, 0.6) is 11.5 Å². The lowest BCUT2D eigenvalue weighted by atomic mass is 10.1. The van der Waals surface area contributed by atoms with Crippen molar-refractivity contribution in [1.29, 1.82) is 0 Å². The van der Waals surface area contributed by atoms with Crippen LogP contribution in [0, 0.1) is 0 Å². The van der Waals surface area contributed by atoms with Gasteiger partial charge in [0, 0.05) is 31.0 Å². The third kappa shape index (κ3) is 4.79. The molecule has 0 aliphatic rings. The molecule has 1 N–H and O–H groups in total. The van der Waals surface area contributed by atoms with Crippen LogP contribution in [0.4, 0.5) is 0 Å². The van der Waals surface area contributed by atoms with Crippen molar-refractivity contribution in [2.75, 3.05) is 33.9 Å². The number of hydrogen-bond acceptors (Lipinski definition) is 4. The molecule has 6 nitrogen and oxygen atoms in total. The first-order valence-electron chi connectivity index (χ1n) is 8.93. The highest BCUT2D eigenvalue weighted by Gasteiger charge is 2.19. The molecule has 1 atom stereocenters. The van der Waals surface area contributed by atoms with E-state index in [2.05, 4.69) is 20.9 Å². The summed E-state index contributed by atoms with van der Waals surface area (Å²) in [7, 11) is 6.02. The highest BCUT2D eigenvalue weighted by molar-refractivity contribution is 5.94. The fourth-order valence-corrected chi connectivity index (χ4v) is 2.86. The number of nitrogens with zero attached hydrogens (tertiary/aromatic N) is 2. The lowest BCUT2D eigenvalue weighted by molar-refractivity contribution is 0.0940. The Kier molecular flexibility index (Phi) is 7.09. The van der Waals surface area contributed by atoms with Gasteiger partial charge >= 0.3 is 0 Å². The molecule has 2 aromatic rings. The summed E-state index contributed by atoms with van der Waals surface area (Å²) in [5, 5.41) is 3.03. The molecule has 1 aromatic carbocycles. The van der Waals surface area contributed by atoms with Crippen LogP contribution in [0.1, 0.15) is 35.9 Å². The second-order valence-corrected chi connectivity index (χ2v) is 6.26. The van der Waals surface area contributed by atoms with Gasteiger partial charge in [0.05, 0.1) is 19.3 Å². The van der Waals surface area contributed by atoms with Crippen LogP contribution < -0.4 is 14.8 Å². The summed E-state index contributed by atoms with van der Waals surface area (Å²) in [6.07, 6.45) is 2.01. The number of aryl methyl sites for hydroxylation is 1. The third-order valence-electron chi connectivity index (χ3n) is 4.21. The van der Waals surface area contributed by atoms with Crippen molar-refractivity contribution >= 4 is 5.91 Å². The van der Waals surface area contributed by atoms with E-state index in [1.807, 2.05) is 47.3 Å². The van der Waals surface area contributed by atoms with Gasteiger partial charge in [0.25, 0.3) is 5.91 Å². The number of amides is 1. The van der Waals surface area contributed by atoms with Gasteiger partial charge in [0.15, 0.2) is 11.5 Å². The number of rotatable bonds is 9. The smallest absolute Gasteiger partial charge is 0.251 e. The number of aromatic nitrogens is 1. The van der Waals surface area contributed by atoms with Gasteiger partial charge in [-0.1, -0.05) is 0 Å². The maximum atomic E-state index is 12.6. The van der Waals surface area contributed by atoms with Crippen LogP contribution >= 0.6 is 0 Å². The van der Waals surface area contributed by atoms with E-state index in [1.54, 1.807) is 18.2 Å². The quantitative estimate of drug-likeness (QED) is 0.748. The lowest BCUT2D eigenvalue weighted by Crippen LogP contribution is -2.35. The molecule has 1 amide bonds. The first-order chi connectivity index (χ1) is 12.5. The van der Waals surface area contributed by atoms with E-state index in [9.17, 15) is 4.79 Å². The molecular formula is C20H29N3O3. The average Bonchev–Trinajstić information content (AvgIpc) is 3.02. The van der Waals surface area contributed by atoms with Crippen molar-refractivity contribution in [3.63, 3.8) is 0 Å². The van der Waals surface area contributed by atoms with E-state index in [0.717, 1.165) is 5.69 Å². The maximum absolute atomic E-state index is 12.6. The highest BCUT2D eigenvalue weighted by atomic mass is 16.5. The zero-order valence-electron chi connectivity index (χ0n) is 16.3. The summed E-state index contributed by atoms with van der Waals surface area (Å²) in [5.74, 6) is 1.12. The van der Waals surface area contributed by atoms with Gasteiger partial charge in [-0.3, -0.25) is 9.69 Å². The van der Waals surface area contributed by atoms with Crippen molar-refractivity contribution in [1.82, 2.24) is 14.8 Å². The summed E-state index contributed by atoms with van der Waals surface area (Å²) in [6, 6.07) is 9.44. The summed E-state index contributed by atoms with van der Waals surface area (Å²) in [4.78, 5) is 14.7. The second kappa shape index (κ2) is 9.29. The van der Waals surface area contributed by atoms with Crippen molar-refractivity contribution in [2.45, 2.75) is 19.9 Å². The molecule has 0 aliphatic heterocycles. The summed E-state index contributed by atoms with van der Waals surface area (Å²) < 4.78 is 13.2. The van der Waals surface area contributed by atoms with Crippen LogP contribution in [0.3, 0.4) is 0 Å². The van der Waals surface area contributed by atoms with Gasteiger partial charge in [0.2, 0.25) is 0 Å². The number of carbonyl (C=O) groups excluding carboxylic acids is 1. The average molecular weight is 359 g/mol. The predicted octanol–water partition coefficient (Wildman–Crippen LogP) is 2.86. The zero-order valence-corrected chi connectivity index (χ0v) is 16.3. The molecular weight excluding hydrogens is 330 g/mol. The Hall–Kier alpha value is -2.47. The SMILES string of the molecule is CCOc1ccc(C(=O)NC[C@@H](c2cccn2C)N(C)C)cc1OCC. The number of nitrogens with one attached hydrogen (secondary N) is 1. The molecule has 0 radical (unpaired) electrons. The molecule has 0 spiro atoms. The molecule has 26 heavy (non-hydrogen) atoms. The van der Waals surface area contributed by atoms with E-state index < -0.39 is 0 Å². The standard InChI is InChI=1S/C20H29N3O3/c1-6-25-18-11-10-15(13-19(18)26-7-2)20(24)21-14-17(22(3)4)16-9-8-12-23(16)5/h8-13,17H,6-7,14H2,1-5H3,(H,21,24)/t17-/m0/s1. The van der Waals surface area contributed by atoms with Gasteiger partial charge in [-0.25, -0.2) is 0 Å². The van der Waals surface area contributed by atoms with Gasteiger partial charge in [-0.2, -0.15) is 0 Å². The lowest BCUT2D eigenvalue weighted by Gasteiger charge is -2.25. The van der Waals surface area contributed by atoms with Gasteiger partial charge < -0.3 is 19.4 Å². The molecule has 0 saturated heterocycles. The molecule has 0 saturated carbocycles. The summed E-state index contributed by atoms with van der Waals surface area (Å²) in [5.41, 5.74) is 1.71. The molecule has 6 heteroatoms. The van der Waals surface area contributed by atoms with Crippen LogP contribution in [0.25, 0.3) is 0 Å². The normalized spacial score (nSPS) is 12.1. The Morgan fingerprint density at radius 1 is 1.15 bits per heavy atom. The van der Waals surface area contributed by atoms with E-state index in [4.69, 9.17) is 9.47 Å². The molecule has 0 bridgehead atoms. The monoisotopic (exact) mass is 359 g/mol. The first kappa shape index (κ1) is 19.8. The van der Waals surface area contributed by atoms with E-state index >= 15 is 0 Å². The van der Waals surface area contributed by atoms with Crippen molar-refractivity contribution in [3.8, 4) is 11.5 Å². The van der Waals surface area contributed by atoms with Crippen LogP contribution in [0.2, 0.25) is 0 Å². The van der Waals surface area contributed by atoms with Gasteiger partial charge in [0.1, 0.15) is 0 Å². The van der Waals surface area contributed by atoms with Gasteiger partial charge in [-0.05, 0) is 58.3 Å². The largest absolute Gasteiger partial charge is 0.490 e. The van der Waals surface area contributed by atoms with E-state index in [0.29, 0.717) is 36.8 Å². The van der Waals surface area contributed by atoms with Gasteiger partial charge in [-0.15, -0.1) is 0 Å². The van der Waals surface area contributed by atoms with Crippen molar-refractivity contribution < 1.29 is 14.3 Å². The number of hydrogen-bond donors (Lipinski definition) is 1. The van der Waals surface area contributed by atoms with Crippen LogP contribution in [-0.2, 0) is 7.05 Å². The Morgan fingerprint density at radius 2 is 1.85 bits per heavy atom. The van der Waals surface area contributed by atoms with Crippen LogP contribution in [-0.4, -0.2) is 49.2 Å². The van der Waals surface area contributed by atoms with E-state index in [1.165, 1.54) is 0 Å². The fraction of sp³-hybridized carbons (Fsp3) is 0.450. The Balaban J connectivity index is 2.11. The number of carbonyl (C=O) groups is 1.